The molecule has 6 heterocycles. The number of hydrogen-bond donors (Lipinski definition) is 16. The third-order valence-corrected chi connectivity index (χ3v) is 28.8. The van der Waals surface area contributed by atoms with E-state index in [0.29, 0.717) is 45.4 Å². The molecule has 0 aromatic rings. The molecule has 0 spiro atoms. The molecule has 6 rings (SSSR count). The molecule has 0 radical (unpaired) electrons. The number of carbonyl (C=O) groups is 3. The second-order valence-corrected chi connectivity index (χ2v) is 40.2. The largest absolute Gasteiger partial charge is 0.459 e. The molecule has 33 nitrogen and oxygen atoms in total. The highest BCUT2D eigenvalue weighted by Crippen LogP contribution is 2.42. The summed E-state index contributed by atoms with van der Waals surface area (Å²) >= 11 is 0. The normalized spacial score (nSPS) is 48.3. The molecule has 6 aliphatic heterocycles. The molecule has 726 valence electrons. The topological polar surface area (TPSA) is 466 Å². The Hall–Kier alpha value is -2.67. The van der Waals surface area contributed by atoms with E-state index in [0.717, 1.165) is 0 Å². The van der Waals surface area contributed by atoms with Gasteiger partial charge in [0.25, 0.3) is 0 Å². The first kappa shape index (κ1) is 113. The first-order valence-corrected chi connectivity index (χ1v) is 45.6. The summed E-state index contributed by atoms with van der Waals surface area (Å²) in [5.74, 6) is -7.19. The van der Waals surface area contributed by atoms with Crippen molar-refractivity contribution in [3.8, 4) is 0 Å². The molecule has 16 N–H and O–H groups in total. The van der Waals surface area contributed by atoms with E-state index in [1.54, 1.807) is 132 Å². The van der Waals surface area contributed by atoms with Gasteiger partial charge in [-0.15, -0.1) is 0 Å². The van der Waals surface area contributed by atoms with Crippen LogP contribution in [0.5, 0.6) is 0 Å². The summed E-state index contributed by atoms with van der Waals surface area (Å²) in [7, 11) is 12.9. The van der Waals surface area contributed by atoms with Crippen molar-refractivity contribution < 1.29 is 134 Å². The predicted molar refractivity (Wildman–Crippen MR) is 465 cm³/mol. The summed E-state index contributed by atoms with van der Waals surface area (Å²) < 4.78 is 54.7. The fraction of sp³-hybridized carbons (Fsp3) is 0.967. The Morgan fingerprint density at radius 1 is 0.398 bits per heavy atom. The lowest BCUT2D eigenvalue weighted by Gasteiger charge is -2.45. The van der Waals surface area contributed by atoms with Crippen LogP contribution >= 0.6 is 0 Å². The lowest BCUT2D eigenvalue weighted by atomic mass is 9.78. The molecule has 33 heteroatoms. The fourth-order valence-corrected chi connectivity index (χ4v) is 20.1. The van der Waals surface area contributed by atoms with E-state index < -0.39 is 234 Å². The first-order chi connectivity index (χ1) is 56.4. The number of carbonyl (C=O) groups excluding carboxylic acids is 3. The van der Waals surface area contributed by atoms with Crippen molar-refractivity contribution in [3.05, 3.63) is 0 Å². The molecule has 0 amide bonds. The van der Waals surface area contributed by atoms with E-state index >= 15 is 0 Å². The molecule has 6 fully saturated rings. The average molecular weight is 1770 g/mol. The number of cyclic esters (lactones) is 3. The molecule has 0 aromatic carbocycles. The van der Waals surface area contributed by atoms with E-state index in [9.17, 15) is 91.0 Å². The van der Waals surface area contributed by atoms with Crippen LogP contribution in [0, 0.1) is 53.3 Å². The summed E-state index contributed by atoms with van der Waals surface area (Å²) in [6, 6.07) is -2.26. The number of rotatable bonds is 13. The number of aliphatic hydroxyl groups is 15. The summed E-state index contributed by atoms with van der Waals surface area (Å²) in [4.78, 5) is 50.5. The van der Waals surface area contributed by atoms with Crippen LogP contribution < -0.4 is 5.32 Å². The summed E-state index contributed by atoms with van der Waals surface area (Å²) in [6.45, 7) is 45.2. The van der Waals surface area contributed by atoms with E-state index in [2.05, 4.69) is 5.32 Å². The molecule has 123 heavy (non-hydrogen) atoms. The zero-order chi connectivity index (χ0) is 94.7. The molecule has 6 unspecified atom stereocenters. The van der Waals surface area contributed by atoms with Crippen LogP contribution in [0.2, 0.25) is 0 Å². The zero-order valence-electron chi connectivity index (χ0n) is 80.8. The standard InChI is InChI=1S/C31H60N2O9.C30H58N2O9.C29H56N2O9/c1-12-23-31(9,39)28(36)20(6)33(11)16-17(3)15-30(8,38)27(35)18(4)26(19(5)29(37)41-23)42-24-14-22(32(10)13-2)25(34)21(7)40-24;1-12-22-30(8,38)27(35)19(5)32(11)15-16(2)14-29(7,37)26(34)17(3)25(18(4)28(36)40-22)41-23-13-21(31(9)10)24(33)20(6)39-23;1-11-21-29(8,37)26(34)18(5)31(10)14-15(2)13-28(7,36)25(33)16(3)24(17(4)27(35)39-21)40-22-12-20(30-9)23(32)19(6)38-22/h17-28,34-36,38-39H,12-16H2,1-11H3;16-27,33-35,37-38H,12-15H2,1-11H3;15-26,30,32-34,36-37H,11-14H2,1-10H3/t17-,18+,19-,20-,21?,22?,23-,24+,25-,26+,27-,28-,30-,31-;16-,17+,18-,19-,20?,21?,22-,23+,24-,25+,26-,27-,29-,30-;15-,16+,17-,18-,19?,20?,21-,22+,23-,24+,25-,26-,28-,29-/m111/s1. The minimum atomic E-state index is -1.75. The highest BCUT2D eigenvalue weighted by Gasteiger charge is 2.55. The molecule has 6 saturated heterocycles. The smallest absolute Gasteiger partial charge is 0.311 e. The Bertz CT molecular complexity index is 3150. The van der Waals surface area contributed by atoms with Gasteiger partial charge in [-0.1, -0.05) is 69.2 Å². The van der Waals surface area contributed by atoms with Crippen LogP contribution in [0.1, 0.15) is 231 Å². The lowest BCUT2D eigenvalue weighted by Crippen LogP contribution is -2.59. The van der Waals surface area contributed by atoms with Crippen LogP contribution in [-0.2, 0) is 57.0 Å². The van der Waals surface area contributed by atoms with Crippen LogP contribution in [0.3, 0.4) is 0 Å². The van der Waals surface area contributed by atoms with Crippen LogP contribution in [0.25, 0.3) is 0 Å². The van der Waals surface area contributed by atoms with Crippen molar-refractivity contribution in [2.75, 3.05) is 75.5 Å². The second kappa shape index (κ2) is 47.1. The molecule has 6 aliphatic rings. The van der Waals surface area contributed by atoms with Gasteiger partial charge in [-0.25, -0.2) is 0 Å². The van der Waals surface area contributed by atoms with E-state index in [-0.39, 0.29) is 74.4 Å². The van der Waals surface area contributed by atoms with Gasteiger partial charge in [0.2, 0.25) is 0 Å². The molecular weight excluding hydrogens is 1600 g/mol. The Morgan fingerprint density at radius 2 is 0.650 bits per heavy atom. The number of esters is 3. The van der Waals surface area contributed by atoms with E-state index in [4.69, 9.17) is 42.6 Å². The minimum absolute atomic E-state index is 0.0800. The highest BCUT2D eigenvalue weighted by atomic mass is 16.7. The minimum Gasteiger partial charge on any atom is -0.459 e. The number of aliphatic hydroxyl groups excluding tert-OH is 9. The van der Waals surface area contributed by atoms with Gasteiger partial charge in [0.05, 0.1) is 108 Å². The van der Waals surface area contributed by atoms with Crippen molar-refractivity contribution in [1.82, 2.24) is 29.8 Å². The Labute approximate surface area is 736 Å². The fourth-order valence-electron chi connectivity index (χ4n) is 20.1. The second-order valence-electron chi connectivity index (χ2n) is 40.2. The number of hydrogen-bond acceptors (Lipinski definition) is 33. The maximum Gasteiger partial charge on any atom is 0.311 e. The van der Waals surface area contributed by atoms with Crippen molar-refractivity contribution >= 4 is 17.9 Å². The van der Waals surface area contributed by atoms with Crippen molar-refractivity contribution in [2.45, 2.75) is 429 Å². The van der Waals surface area contributed by atoms with Gasteiger partial charge in [-0.2, -0.15) is 0 Å². The lowest BCUT2D eigenvalue weighted by molar-refractivity contribution is -0.269. The molecule has 42 atom stereocenters. The van der Waals surface area contributed by atoms with E-state index in [1.165, 1.54) is 20.8 Å². The van der Waals surface area contributed by atoms with Crippen molar-refractivity contribution in [2.24, 2.45) is 53.3 Å². The van der Waals surface area contributed by atoms with Crippen LogP contribution in [-0.4, -0.2) is 393 Å². The predicted octanol–water partition coefficient (Wildman–Crippen LogP) is 2.97. The summed E-state index contributed by atoms with van der Waals surface area (Å²) in [5, 5.41) is 172. The molecular formula is C90H174N6O27. The third-order valence-electron chi connectivity index (χ3n) is 28.8. The molecule has 0 aliphatic carbocycles. The quantitative estimate of drug-likeness (QED) is 0.0931. The number of ether oxygens (including phenoxy) is 9. The number of likely N-dealkylation sites (N-methyl/N-ethyl adjacent to an activating group) is 6. The Balaban J connectivity index is 0.000000387. The monoisotopic (exact) mass is 1770 g/mol. The van der Waals surface area contributed by atoms with Gasteiger partial charge in [-0.3, -0.25) is 14.4 Å². The van der Waals surface area contributed by atoms with Crippen LogP contribution in [0.4, 0.5) is 0 Å². The number of nitrogens with zero attached hydrogens (tertiary/aromatic N) is 5. The molecule has 0 aromatic heterocycles. The van der Waals surface area contributed by atoms with Gasteiger partial charge < -0.3 is 149 Å². The van der Waals surface area contributed by atoms with Gasteiger partial charge >= 0.3 is 17.9 Å². The van der Waals surface area contributed by atoms with Gasteiger partial charge in [0.1, 0.15) is 53.4 Å². The maximum absolute atomic E-state index is 13.7. The summed E-state index contributed by atoms with van der Waals surface area (Å²) in [5.41, 5.74) is -9.80. The average Bonchev–Trinajstić information content (AvgIpc) is 1.79. The Morgan fingerprint density at radius 3 is 0.902 bits per heavy atom. The first-order valence-electron chi connectivity index (χ1n) is 45.6. The van der Waals surface area contributed by atoms with E-state index in [1.807, 2.05) is 94.5 Å². The Kier molecular flexibility index (Phi) is 43.1. The molecule has 0 saturated carbocycles. The SMILES string of the molecule is CC[C@H]1OC(=O)[C@H](C)[C@@H](O[C@H]2CC(N(C)C)[C@H](O)C(C)O2)[C@H](C)[C@@H](O)[C@](C)(O)C[C@@H](C)CN(C)[C@H](C)[C@@H](O)[C@]1(C)O.CC[C@H]1OC(=O)[C@H](C)[C@@H](O[C@H]2CC(N(C)CC)[C@H](O)C(C)O2)[C@H](C)[C@@H](O)[C@](C)(O)C[C@@H](C)CN(C)[C@H](C)[C@@H](O)[C@]1(C)O.CC[C@H]1OC(=O)[C@H](C)[C@@H](O[C@H]2CC(NC)[C@H](O)C(C)O2)[C@H](C)[C@@H](O)[C@](C)(O)C[C@@H](C)CN(C)[C@H](C)[C@@H](O)[C@]1(C)O. The molecule has 0 bridgehead atoms. The van der Waals surface area contributed by atoms with Crippen molar-refractivity contribution in [3.63, 3.8) is 0 Å². The van der Waals surface area contributed by atoms with Gasteiger partial charge in [-0.05, 0) is 216 Å². The number of nitrogens with one attached hydrogen (secondary N) is 1. The summed E-state index contributed by atoms with van der Waals surface area (Å²) in [6.07, 6.45) is -17.0. The zero-order valence-corrected chi connectivity index (χ0v) is 80.8. The van der Waals surface area contributed by atoms with Gasteiger partial charge in [0.15, 0.2) is 18.9 Å². The highest BCUT2D eigenvalue weighted by molar-refractivity contribution is 5.74. The van der Waals surface area contributed by atoms with Gasteiger partial charge in [0, 0.05) is 92.9 Å². The van der Waals surface area contributed by atoms with Crippen molar-refractivity contribution in [1.29, 1.82) is 0 Å². The maximum atomic E-state index is 13.7. The third kappa shape index (κ3) is 28.4. The van der Waals surface area contributed by atoms with Crippen LogP contribution in [0.15, 0.2) is 0 Å².